The predicted octanol–water partition coefficient (Wildman–Crippen LogP) is 1.47. The van der Waals surface area contributed by atoms with Crippen LogP contribution in [-0.4, -0.2) is 53.8 Å². The Kier molecular flexibility index (Phi) is 5.28. The number of nitrogen functional groups attached to an aromatic ring is 1. The van der Waals surface area contributed by atoms with Gasteiger partial charge in [0.05, 0.1) is 11.3 Å². The number of pyridine rings is 3. The van der Waals surface area contributed by atoms with Crippen LogP contribution in [0.25, 0.3) is 16.2 Å². The van der Waals surface area contributed by atoms with E-state index >= 15 is 0 Å². The minimum absolute atomic E-state index is 0.109. The van der Waals surface area contributed by atoms with Crippen molar-refractivity contribution in [2.75, 3.05) is 23.7 Å². The van der Waals surface area contributed by atoms with Crippen molar-refractivity contribution >= 4 is 46.0 Å². The number of ketones is 1. The molecule has 1 aliphatic heterocycles. The number of carbonyl (C=O) groups is 2. The summed E-state index contributed by atoms with van der Waals surface area (Å²) in [6.45, 7) is 2.73. The Bertz CT molecular complexity index is 1480. The lowest BCUT2D eigenvalue weighted by Gasteiger charge is -2.39. The van der Waals surface area contributed by atoms with Crippen LogP contribution in [-0.2, 0) is 11.2 Å². The van der Waals surface area contributed by atoms with Gasteiger partial charge in [-0.3, -0.25) is 14.2 Å². The molecule has 3 N–H and O–H groups in total. The summed E-state index contributed by atoms with van der Waals surface area (Å²) in [7, 11) is 0. The van der Waals surface area contributed by atoms with Crippen molar-refractivity contribution in [2.45, 2.75) is 13.3 Å². The molecule has 4 aromatic heterocycles. The second kappa shape index (κ2) is 8.30. The Balaban J connectivity index is 1.45. The molecule has 4 aromatic rings. The number of anilines is 2. The Labute approximate surface area is 196 Å². The number of aromatic carboxylic acids is 1. The van der Waals surface area contributed by atoms with Crippen LogP contribution in [0.1, 0.15) is 21.5 Å². The van der Waals surface area contributed by atoms with Gasteiger partial charge in [0.2, 0.25) is 10.6 Å². The van der Waals surface area contributed by atoms with E-state index < -0.39 is 11.4 Å². The maximum Gasteiger partial charge on any atom is 0.341 e. The highest BCUT2D eigenvalue weighted by atomic mass is 32.1. The number of carbonyl (C=O) groups excluding carboxylic acids is 1. The minimum Gasteiger partial charge on any atom is -0.477 e. The first-order chi connectivity index (χ1) is 16.3. The van der Waals surface area contributed by atoms with Gasteiger partial charge in [-0.15, -0.1) is 0 Å². The predicted molar refractivity (Wildman–Crippen MR) is 126 cm³/mol. The summed E-state index contributed by atoms with van der Waals surface area (Å²) < 4.78 is 5.45. The molecule has 1 saturated heterocycles. The van der Waals surface area contributed by atoms with Gasteiger partial charge in [0.15, 0.2) is 5.65 Å². The van der Waals surface area contributed by atoms with Gasteiger partial charge in [-0.1, -0.05) is 6.07 Å². The van der Waals surface area contributed by atoms with E-state index in [-0.39, 0.29) is 29.1 Å². The van der Waals surface area contributed by atoms with Crippen LogP contribution in [0.4, 0.5) is 11.6 Å². The third-order valence-corrected chi connectivity index (χ3v) is 6.48. The van der Waals surface area contributed by atoms with Gasteiger partial charge in [0.25, 0.3) is 0 Å². The molecule has 0 atom stereocenters. The maximum atomic E-state index is 12.9. The highest BCUT2D eigenvalue weighted by molar-refractivity contribution is 7.08. The van der Waals surface area contributed by atoms with Gasteiger partial charge in [-0.05, 0) is 30.2 Å². The highest BCUT2D eigenvalue weighted by Crippen LogP contribution is 2.29. The van der Waals surface area contributed by atoms with Gasteiger partial charge in [0.1, 0.15) is 29.3 Å². The van der Waals surface area contributed by atoms with Crippen LogP contribution < -0.4 is 16.1 Å². The third kappa shape index (κ3) is 3.77. The lowest BCUT2D eigenvalue weighted by atomic mass is 9.91. The largest absolute Gasteiger partial charge is 0.477 e. The van der Waals surface area contributed by atoms with Crippen molar-refractivity contribution < 1.29 is 14.7 Å². The van der Waals surface area contributed by atoms with Crippen molar-refractivity contribution in [1.82, 2.24) is 23.9 Å². The van der Waals surface area contributed by atoms with Gasteiger partial charge in [-0.2, -0.15) is 4.37 Å². The molecular weight excluding hydrogens is 458 g/mol. The SMILES string of the molecule is Cc1cc(N2CC(C(=O)Cc3ccc(N)nc3)C2)nc2c1c(=O)c(C(=O)O)cn2-c1ncns1. The first kappa shape index (κ1) is 21.6. The van der Waals surface area contributed by atoms with E-state index in [0.29, 0.717) is 41.1 Å². The fraction of sp³-hybridized carbons (Fsp3) is 0.227. The molecule has 1 aliphatic rings. The smallest absolute Gasteiger partial charge is 0.341 e. The molecule has 0 spiro atoms. The molecular formula is C22H19N7O4S. The first-order valence-electron chi connectivity index (χ1n) is 10.4. The average molecular weight is 478 g/mol. The van der Waals surface area contributed by atoms with Crippen LogP contribution >= 0.6 is 11.5 Å². The number of carboxylic acids is 1. The molecule has 5 rings (SSSR count). The second-order valence-corrected chi connectivity index (χ2v) is 8.86. The van der Waals surface area contributed by atoms with Gasteiger partial charge < -0.3 is 15.7 Å². The molecule has 0 amide bonds. The molecule has 172 valence electrons. The number of aromatic nitrogens is 5. The number of rotatable bonds is 6. The Morgan fingerprint density at radius 3 is 2.71 bits per heavy atom. The van der Waals surface area contributed by atoms with E-state index in [0.717, 1.165) is 17.1 Å². The molecule has 34 heavy (non-hydrogen) atoms. The quantitative estimate of drug-likeness (QED) is 0.417. The number of nitrogens with two attached hydrogens (primary N) is 1. The van der Waals surface area contributed by atoms with Crippen LogP contribution in [0.3, 0.4) is 0 Å². The molecule has 0 radical (unpaired) electrons. The third-order valence-electron chi connectivity index (χ3n) is 5.82. The van der Waals surface area contributed by atoms with Gasteiger partial charge >= 0.3 is 5.97 Å². The number of hydrogen-bond donors (Lipinski definition) is 2. The Morgan fingerprint density at radius 2 is 2.06 bits per heavy atom. The molecule has 0 aliphatic carbocycles. The summed E-state index contributed by atoms with van der Waals surface area (Å²) in [6.07, 6.45) is 4.47. The lowest BCUT2D eigenvalue weighted by molar-refractivity contribution is -0.122. The molecule has 1 fully saturated rings. The molecule has 0 unspecified atom stereocenters. The molecule has 0 aromatic carbocycles. The summed E-state index contributed by atoms with van der Waals surface area (Å²) in [4.78, 5) is 52.0. The Morgan fingerprint density at radius 1 is 1.26 bits per heavy atom. The van der Waals surface area contributed by atoms with Crippen molar-refractivity contribution in [3.8, 4) is 5.13 Å². The van der Waals surface area contributed by atoms with Gasteiger partial charge in [0, 0.05) is 43.4 Å². The van der Waals surface area contributed by atoms with Crippen LogP contribution in [0.2, 0.25) is 0 Å². The maximum absolute atomic E-state index is 12.9. The van der Waals surface area contributed by atoms with E-state index in [1.807, 2.05) is 4.90 Å². The number of Topliss-reactive ketones (excluding diaryl/α,β-unsaturated/α-hetero) is 1. The standard InChI is InChI=1S/C22H19N7O4S/c1-11-4-17(28-7-13(8-28)15(30)5-12-2-3-16(23)24-6-12)27-20-18(11)19(31)14(21(32)33)9-29(20)22-25-10-26-34-22/h2-4,6,9-10,13H,5,7-8H2,1H3,(H2,23,24)(H,32,33). The highest BCUT2D eigenvalue weighted by Gasteiger charge is 2.34. The van der Waals surface area contributed by atoms with Crippen LogP contribution in [0.5, 0.6) is 0 Å². The summed E-state index contributed by atoms with van der Waals surface area (Å²) in [6, 6.07) is 5.21. The Hall–Kier alpha value is -4.19. The van der Waals surface area contributed by atoms with Crippen molar-refractivity contribution in [2.24, 2.45) is 5.92 Å². The number of fused-ring (bicyclic) bond motifs is 1. The van der Waals surface area contributed by atoms with E-state index in [4.69, 9.17) is 5.73 Å². The van der Waals surface area contributed by atoms with Crippen LogP contribution in [0.15, 0.2) is 41.7 Å². The normalized spacial score (nSPS) is 13.7. The lowest BCUT2D eigenvalue weighted by Crippen LogP contribution is -2.51. The number of carboxylic acid groups (broad SMARTS) is 1. The molecule has 12 heteroatoms. The fourth-order valence-electron chi connectivity index (χ4n) is 3.97. The average Bonchev–Trinajstić information content (AvgIpc) is 3.29. The number of aryl methyl sites for hydroxylation is 1. The van der Waals surface area contributed by atoms with E-state index in [1.165, 1.54) is 17.1 Å². The zero-order valence-electron chi connectivity index (χ0n) is 18.0. The molecule has 0 saturated carbocycles. The summed E-state index contributed by atoms with van der Waals surface area (Å²) in [5, 5.41) is 10.1. The zero-order chi connectivity index (χ0) is 24.0. The van der Waals surface area contributed by atoms with Gasteiger partial charge in [-0.25, -0.2) is 19.7 Å². The molecule has 11 nitrogen and oxygen atoms in total. The molecule has 0 bridgehead atoms. The van der Waals surface area contributed by atoms with E-state index in [9.17, 15) is 19.5 Å². The summed E-state index contributed by atoms with van der Waals surface area (Å²) in [5.41, 5.74) is 6.32. The summed E-state index contributed by atoms with van der Waals surface area (Å²) in [5.74, 6) is -0.350. The van der Waals surface area contributed by atoms with Crippen molar-refractivity contribution in [3.63, 3.8) is 0 Å². The number of nitrogens with zero attached hydrogens (tertiary/aromatic N) is 6. The van der Waals surface area contributed by atoms with Crippen molar-refractivity contribution in [3.05, 3.63) is 63.8 Å². The van der Waals surface area contributed by atoms with Crippen molar-refractivity contribution in [1.29, 1.82) is 0 Å². The number of hydrogen-bond acceptors (Lipinski definition) is 10. The fourth-order valence-corrected chi connectivity index (χ4v) is 4.48. The topological polar surface area (TPSA) is 157 Å². The summed E-state index contributed by atoms with van der Waals surface area (Å²) >= 11 is 1.06. The zero-order valence-corrected chi connectivity index (χ0v) is 18.8. The minimum atomic E-state index is -1.32. The van der Waals surface area contributed by atoms with Crippen LogP contribution in [0, 0.1) is 12.8 Å². The van der Waals surface area contributed by atoms with E-state index in [2.05, 4.69) is 19.3 Å². The van der Waals surface area contributed by atoms with E-state index in [1.54, 1.807) is 31.3 Å². The first-order valence-corrected chi connectivity index (χ1v) is 11.1. The second-order valence-electron chi connectivity index (χ2n) is 8.10. The molecule has 5 heterocycles. The monoisotopic (exact) mass is 477 g/mol.